The summed E-state index contributed by atoms with van der Waals surface area (Å²) in [5.41, 5.74) is -1.39. The van der Waals surface area contributed by atoms with E-state index in [1.54, 1.807) is 0 Å². The Bertz CT molecular complexity index is 332. The van der Waals surface area contributed by atoms with Crippen molar-refractivity contribution >= 4 is 11.9 Å². The maximum atomic E-state index is 12.1. The Balaban J connectivity index is 2.64. The Hall–Kier alpha value is -1.10. The molecule has 1 rings (SSSR count). The fourth-order valence-corrected chi connectivity index (χ4v) is 2.77. The van der Waals surface area contributed by atoms with Crippen LogP contribution in [0.2, 0.25) is 0 Å². The predicted octanol–water partition coefficient (Wildman–Crippen LogP) is 1.69. The van der Waals surface area contributed by atoms with Gasteiger partial charge in [0.25, 0.3) is 0 Å². The Morgan fingerprint density at radius 3 is 2.26 bits per heavy atom. The molecule has 3 N–H and O–H groups in total. The van der Waals surface area contributed by atoms with E-state index in [4.69, 9.17) is 5.11 Å². The number of nitrogens with one attached hydrogen (secondary N) is 1. The molecule has 0 bridgehead atoms. The molecule has 0 heterocycles. The van der Waals surface area contributed by atoms with E-state index in [-0.39, 0.29) is 18.9 Å². The molecule has 1 aliphatic carbocycles. The van der Waals surface area contributed by atoms with Crippen molar-refractivity contribution in [2.75, 3.05) is 6.61 Å². The minimum Gasteiger partial charge on any atom is -0.481 e. The lowest BCUT2D eigenvalue weighted by Crippen LogP contribution is -2.47. The van der Waals surface area contributed by atoms with Gasteiger partial charge >= 0.3 is 5.97 Å². The summed E-state index contributed by atoms with van der Waals surface area (Å²) in [7, 11) is 0. The van der Waals surface area contributed by atoms with Crippen LogP contribution >= 0.6 is 0 Å². The van der Waals surface area contributed by atoms with E-state index in [1.165, 1.54) is 0 Å². The summed E-state index contributed by atoms with van der Waals surface area (Å²) in [5.74, 6) is -1.09. The number of carboxylic acids is 1. The zero-order valence-electron chi connectivity index (χ0n) is 11.9. The summed E-state index contributed by atoms with van der Waals surface area (Å²) in [6, 6.07) is 0. The zero-order valence-corrected chi connectivity index (χ0v) is 11.9. The Kier molecular flexibility index (Phi) is 5.35. The first-order valence-electron chi connectivity index (χ1n) is 6.97. The van der Waals surface area contributed by atoms with Crippen LogP contribution in [0.15, 0.2) is 0 Å². The molecule has 0 aromatic carbocycles. The average Bonchev–Trinajstić information content (AvgIpc) is 2.28. The largest absolute Gasteiger partial charge is 0.481 e. The van der Waals surface area contributed by atoms with Crippen LogP contribution in [0.5, 0.6) is 0 Å². The van der Waals surface area contributed by atoms with Gasteiger partial charge in [-0.25, -0.2) is 0 Å². The molecule has 0 aromatic rings. The fraction of sp³-hybridized carbons (Fsp3) is 0.857. The summed E-state index contributed by atoms with van der Waals surface area (Å²) in [6.07, 6.45) is 4.45. The summed E-state index contributed by atoms with van der Waals surface area (Å²) < 4.78 is 0. The first-order valence-corrected chi connectivity index (χ1v) is 6.97. The first kappa shape index (κ1) is 16.0. The highest BCUT2D eigenvalue weighted by Crippen LogP contribution is 2.39. The molecular weight excluding hydrogens is 246 g/mol. The minimum absolute atomic E-state index is 0.00263. The van der Waals surface area contributed by atoms with Crippen LogP contribution in [0.3, 0.4) is 0 Å². The van der Waals surface area contributed by atoms with E-state index >= 15 is 0 Å². The third-order valence-corrected chi connectivity index (χ3v) is 3.98. The van der Waals surface area contributed by atoms with Crippen molar-refractivity contribution in [2.24, 2.45) is 5.41 Å². The zero-order chi connectivity index (χ0) is 14.5. The van der Waals surface area contributed by atoms with Gasteiger partial charge in [0, 0.05) is 18.6 Å². The molecule has 1 aliphatic rings. The van der Waals surface area contributed by atoms with Crippen molar-refractivity contribution in [1.29, 1.82) is 0 Å². The van der Waals surface area contributed by atoms with Crippen LogP contribution < -0.4 is 5.32 Å². The number of hydrogen-bond acceptors (Lipinski definition) is 3. The van der Waals surface area contributed by atoms with Crippen LogP contribution in [0.4, 0.5) is 0 Å². The van der Waals surface area contributed by atoms with Gasteiger partial charge in [-0.15, -0.1) is 0 Å². The minimum atomic E-state index is -0.891. The number of hydrogen-bond donors (Lipinski definition) is 3. The number of carbonyl (C=O) groups excluding carboxylic acids is 1. The lowest BCUT2D eigenvalue weighted by Gasteiger charge is -2.34. The highest BCUT2D eigenvalue weighted by molar-refractivity contribution is 5.85. The normalized spacial score (nSPS) is 18.9. The van der Waals surface area contributed by atoms with Gasteiger partial charge in [0.15, 0.2) is 0 Å². The van der Waals surface area contributed by atoms with Crippen molar-refractivity contribution in [3.63, 3.8) is 0 Å². The number of carbonyl (C=O) groups is 2. The van der Waals surface area contributed by atoms with Gasteiger partial charge in [0.2, 0.25) is 5.91 Å². The van der Waals surface area contributed by atoms with E-state index in [0.717, 1.165) is 19.3 Å². The molecule has 0 aliphatic heterocycles. The smallest absolute Gasteiger partial charge is 0.310 e. The van der Waals surface area contributed by atoms with Crippen LogP contribution in [-0.2, 0) is 9.59 Å². The summed E-state index contributed by atoms with van der Waals surface area (Å²) in [5, 5.41) is 21.2. The number of aliphatic hydroxyl groups excluding tert-OH is 1. The standard InChI is InChI=1S/C14H25NO4/c1-13(2,8-9-16)15-11(17)10-14(12(18)19)6-4-3-5-7-14/h16H,3-10H2,1-2H3,(H,15,17)(H,18,19). The van der Waals surface area contributed by atoms with Crippen molar-refractivity contribution in [1.82, 2.24) is 5.32 Å². The SMILES string of the molecule is CC(C)(CCO)NC(=O)CC1(C(=O)O)CCCCC1. The molecule has 1 saturated carbocycles. The summed E-state index contributed by atoms with van der Waals surface area (Å²) in [4.78, 5) is 23.5. The van der Waals surface area contributed by atoms with Gasteiger partial charge in [-0.2, -0.15) is 0 Å². The topological polar surface area (TPSA) is 86.6 Å². The third kappa shape index (κ3) is 4.49. The maximum absolute atomic E-state index is 12.1. The number of carboxylic acid groups (broad SMARTS) is 1. The van der Waals surface area contributed by atoms with Crippen molar-refractivity contribution in [3.05, 3.63) is 0 Å². The van der Waals surface area contributed by atoms with Crippen LogP contribution in [-0.4, -0.2) is 34.2 Å². The van der Waals surface area contributed by atoms with Gasteiger partial charge in [0.1, 0.15) is 0 Å². The predicted molar refractivity (Wildman–Crippen MR) is 71.7 cm³/mol. The highest BCUT2D eigenvalue weighted by Gasteiger charge is 2.41. The molecule has 0 spiro atoms. The number of rotatable bonds is 6. The van der Waals surface area contributed by atoms with Crippen LogP contribution in [0, 0.1) is 5.41 Å². The van der Waals surface area contributed by atoms with Crippen LogP contribution in [0.1, 0.15) is 58.8 Å². The Labute approximate surface area is 114 Å². The molecule has 0 atom stereocenters. The molecule has 5 heteroatoms. The van der Waals surface area contributed by atoms with E-state index in [9.17, 15) is 14.7 Å². The lowest BCUT2D eigenvalue weighted by molar-refractivity contribution is -0.154. The molecule has 5 nitrogen and oxygen atoms in total. The van der Waals surface area contributed by atoms with Crippen molar-refractivity contribution < 1.29 is 19.8 Å². The second-order valence-electron chi connectivity index (χ2n) is 6.23. The highest BCUT2D eigenvalue weighted by atomic mass is 16.4. The Morgan fingerprint density at radius 2 is 1.79 bits per heavy atom. The first-order chi connectivity index (χ1) is 8.81. The summed E-state index contributed by atoms with van der Waals surface area (Å²) >= 11 is 0. The van der Waals surface area contributed by atoms with E-state index in [0.29, 0.717) is 19.3 Å². The second kappa shape index (κ2) is 6.37. The maximum Gasteiger partial charge on any atom is 0.310 e. The summed E-state index contributed by atoms with van der Waals surface area (Å²) in [6.45, 7) is 3.65. The number of aliphatic carboxylic acids is 1. The monoisotopic (exact) mass is 271 g/mol. The lowest BCUT2D eigenvalue weighted by atomic mass is 9.71. The molecule has 0 aromatic heterocycles. The molecule has 1 fully saturated rings. The number of aliphatic hydroxyl groups is 1. The Morgan fingerprint density at radius 1 is 1.21 bits per heavy atom. The fourth-order valence-electron chi connectivity index (χ4n) is 2.77. The van der Waals surface area contributed by atoms with Gasteiger partial charge < -0.3 is 15.5 Å². The molecule has 0 radical (unpaired) electrons. The molecule has 0 unspecified atom stereocenters. The third-order valence-electron chi connectivity index (χ3n) is 3.98. The molecule has 19 heavy (non-hydrogen) atoms. The van der Waals surface area contributed by atoms with Gasteiger partial charge in [-0.05, 0) is 33.1 Å². The second-order valence-corrected chi connectivity index (χ2v) is 6.23. The molecule has 0 saturated heterocycles. The van der Waals surface area contributed by atoms with E-state index < -0.39 is 16.9 Å². The molecule has 110 valence electrons. The van der Waals surface area contributed by atoms with Crippen LogP contribution in [0.25, 0.3) is 0 Å². The number of amides is 1. The van der Waals surface area contributed by atoms with Gasteiger partial charge in [0.05, 0.1) is 5.41 Å². The van der Waals surface area contributed by atoms with E-state index in [2.05, 4.69) is 5.32 Å². The van der Waals surface area contributed by atoms with Crippen molar-refractivity contribution in [2.45, 2.75) is 64.3 Å². The van der Waals surface area contributed by atoms with E-state index in [1.807, 2.05) is 13.8 Å². The average molecular weight is 271 g/mol. The molecular formula is C14H25NO4. The van der Waals surface area contributed by atoms with Gasteiger partial charge in [-0.3, -0.25) is 9.59 Å². The van der Waals surface area contributed by atoms with Crippen molar-refractivity contribution in [3.8, 4) is 0 Å². The quantitative estimate of drug-likeness (QED) is 0.686. The molecule has 1 amide bonds. The van der Waals surface area contributed by atoms with Gasteiger partial charge in [-0.1, -0.05) is 19.3 Å².